The molecule has 4 heteroatoms. The standard InChI is InChI=1S/C18H27ClN2O/c1-3-15(4-2)18(22)20-17-9-11-21(12-10-17)13-14-5-7-16(19)8-6-14/h5-8,15,17H,3-4,9-13H2,1-2H3,(H,20,22). The molecule has 1 aliphatic heterocycles. The Morgan fingerprint density at radius 3 is 2.36 bits per heavy atom. The minimum absolute atomic E-state index is 0.173. The lowest BCUT2D eigenvalue weighted by atomic mass is 9.99. The van der Waals surface area contributed by atoms with Crippen LogP contribution in [0.5, 0.6) is 0 Å². The van der Waals surface area contributed by atoms with Crippen molar-refractivity contribution in [1.29, 1.82) is 0 Å². The molecule has 1 fully saturated rings. The molecule has 1 aliphatic rings. The lowest BCUT2D eigenvalue weighted by Crippen LogP contribution is -2.46. The number of hydrogen-bond acceptors (Lipinski definition) is 2. The van der Waals surface area contributed by atoms with Crippen LogP contribution in [0.25, 0.3) is 0 Å². The molecule has 0 aliphatic carbocycles. The number of halogens is 1. The molecule has 0 bridgehead atoms. The van der Waals surface area contributed by atoms with Gasteiger partial charge in [0, 0.05) is 36.6 Å². The van der Waals surface area contributed by atoms with E-state index in [0.717, 1.165) is 50.3 Å². The normalized spacial score (nSPS) is 16.9. The molecule has 1 aromatic rings. The minimum Gasteiger partial charge on any atom is -0.353 e. The van der Waals surface area contributed by atoms with Gasteiger partial charge in [-0.25, -0.2) is 0 Å². The molecular weight excluding hydrogens is 296 g/mol. The van der Waals surface area contributed by atoms with Gasteiger partial charge in [-0.15, -0.1) is 0 Å². The van der Waals surface area contributed by atoms with Gasteiger partial charge in [0.05, 0.1) is 0 Å². The molecule has 0 radical (unpaired) electrons. The van der Waals surface area contributed by atoms with Crippen molar-refractivity contribution < 1.29 is 4.79 Å². The fraction of sp³-hybridized carbons (Fsp3) is 0.611. The van der Waals surface area contributed by atoms with Crippen molar-refractivity contribution in [3.63, 3.8) is 0 Å². The summed E-state index contributed by atoms with van der Waals surface area (Å²) < 4.78 is 0. The Labute approximate surface area is 139 Å². The molecule has 0 spiro atoms. The molecule has 0 aromatic heterocycles. The highest BCUT2D eigenvalue weighted by atomic mass is 35.5. The first-order valence-electron chi connectivity index (χ1n) is 8.39. The summed E-state index contributed by atoms with van der Waals surface area (Å²) >= 11 is 5.92. The number of hydrogen-bond donors (Lipinski definition) is 1. The van der Waals surface area contributed by atoms with Crippen LogP contribution in [-0.4, -0.2) is 29.9 Å². The number of amides is 1. The number of benzene rings is 1. The van der Waals surface area contributed by atoms with Crippen molar-refractivity contribution in [3.8, 4) is 0 Å². The summed E-state index contributed by atoms with van der Waals surface area (Å²) in [5, 5.41) is 4.01. The van der Waals surface area contributed by atoms with Crippen molar-refractivity contribution in [3.05, 3.63) is 34.9 Å². The van der Waals surface area contributed by atoms with Crippen LogP contribution in [0, 0.1) is 5.92 Å². The van der Waals surface area contributed by atoms with E-state index in [0.29, 0.717) is 6.04 Å². The van der Waals surface area contributed by atoms with Crippen molar-refractivity contribution >= 4 is 17.5 Å². The maximum atomic E-state index is 12.1. The molecule has 3 nitrogen and oxygen atoms in total. The fourth-order valence-electron chi connectivity index (χ4n) is 3.06. The molecular formula is C18H27ClN2O. The average molecular weight is 323 g/mol. The van der Waals surface area contributed by atoms with Gasteiger partial charge in [0.1, 0.15) is 0 Å². The van der Waals surface area contributed by atoms with Crippen LogP contribution in [0.2, 0.25) is 5.02 Å². The molecule has 0 saturated carbocycles. The third kappa shape index (κ3) is 4.99. The summed E-state index contributed by atoms with van der Waals surface area (Å²) in [6, 6.07) is 8.40. The molecule has 1 amide bonds. The summed E-state index contributed by atoms with van der Waals surface area (Å²) in [6.07, 6.45) is 3.94. The number of nitrogens with zero attached hydrogens (tertiary/aromatic N) is 1. The Kier molecular flexibility index (Phi) is 6.71. The summed E-state index contributed by atoms with van der Waals surface area (Å²) in [4.78, 5) is 14.6. The Morgan fingerprint density at radius 2 is 1.82 bits per heavy atom. The van der Waals surface area contributed by atoms with E-state index >= 15 is 0 Å². The molecule has 22 heavy (non-hydrogen) atoms. The van der Waals surface area contributed by atoms with E-state index in [1.165, 1.54) is 5.56 Å². The molecule has 1 heterocycles. The molecule has 1 N–H and O–H groups in total. The second-order valence-electron chi connectivity index (χ2n) is 6.20. The molecule has 1 aromatic carbocycles. The second kappa shape index (κ2) is 8.54. The lowest BCUT2D eigenvalue weighted by molar-refractivity contribution is -0.126. The Morgan fingerprint density at radius 1 is 1.23 bits per heavy atom. The largest absolute Gasteiger partial charge is 0.353 e. The van der Waals surface area contributed by atoms with Gasteiger partial charge in [-0.05, 0) is 43.4 Å². The van der Waals surface area contributed by atoms with E-state index in [9.17, 15) is 4.79 Å². The summed E-state index contributed by atoms with van der Waals surface area (Å²) in [5.74, 6) is 0.410. The van der Waals surface area contributed by atoms with Gasteiger partial charge in [0.15, 0.2) is 0 Å². The van der Waals surface area contributed by atoms with E-state index < -0.39 is 0 Å². The van der Waals surface area contributed by atoms with E-state index in [-0.39, 0.29) is 11.8 Å². The van der Waals surface area contributed by atoms with Crippen LogP contribution in [0.4, 0.5) is 0 Å². The Bertz CT molecular complexity index is 462. The van der Waals surface area contributed by atoms with Crippen LogP contribution in [0.15, 0.2) is 24.3 Å². The highest BCUT2D eigenvalue weighted by Gasteiger charge is 2.23. The van der Waals surface area contributed by atoms with Crippen LogP contribution in [0.1, 0.15) is 45.1 Å². The SMILES string of the molecule is CCC(CC)C(=O)NC1CCN(Cc2ccc(Cl)cc2)CC1. The smallest absolute Gasteiger partial charge is 0.223 e. The first-order valence-corrected chi connectivity index (χ1v) is 8.77. The lowest BCUT2D eigenvalue weighted by Gasteiger charge is -2.33. The minimum atomic E-state index is 0.173. The van der Waals surface area contributed by atoms with Gasteiger partial charge in [-0.2, -0.15) is 0 Å². The molecule has 1 saturated heterocycles. The monoisotopic (exact) mass is 322 g/mol. The molecule has 0 atom stereocenters. The maximum Gasteiger partial charge on any atom is 0.223 e. The fourth-order valence-corrected chi connectivity index (χ4v) is 3.19. The van der Waals surface area contributed by atoms with Crippen molar-refractivity contribution in [2.45, 2.75) is 52.1 Å². The zero-order chi connectivity index (χ0) is 15.9. The number of carbonyl (C=O) groups excluding carboxylic acids is 1. The van der Waals surface area contributed by atoms with Crippen LogP contribution in [-0.2, 0) is 11.3 Å². The van der Waals surface area contributed by atoms with Crippen molar-refractivity contribution in [2.24, 2.45) is 5.92 Å². The summed E-state index contributed by atoms with van der Waals surface area (Å²) in [7, 11) is 0. The van der Waals surface area contributed by atoms with Crippen LogP contribution < -0.4 is 5.32 Å². The van der Waals surface area contributed by atoms with Crippen LogP contribution >= 0.6 is 11.6 Å². The number of likely N-dealkylation sites (tertiary alicyclic amines) is 1. The van der Waals surface area contributed by atoms with Gasteiger partial charge in [0.2, 0.25) is 5.91 Å². The van der Waals surface area contributed by atoms with Crippen LogP contribution in [0.3, 0.4) is 0 Å². The van der Waals surface area contributed by atoms with Gasteiger partial charge in [0.25, 0.3) is 0 Å². The topological polar surface area (TPSA) is 32.3 Å². The first-order chi connectivity index (χ1) is 10.6. The molecule has 122 valence electrons. The number of carbonyl (C=O) groups is 1. The predicted octanol–water partition coefficient (Wildman–Crippen LogP) is 3.86. The van der Waals surface area contributed by atoms with E-state index in [2.05, 4.69) is 36.2 Å². The zero-order valence-corrected chi connectivity index (χ0v) is 14.4. The van der Waals surface area contributed by atoms with E-state index in [1.807, 2.05) is 12.1 Å². The van der Waals surface area contributed by atoms with Gasteiger partial charge in [-0.1, -0.05) is 37.6 Å². The van der Waals surface area contributed by atoms with Gasteiger partial charge >= 0.3 is 0 Å². The summed E-state index contributed by atoms with van der Waals surface area (Å²) in [6.45, 7) is 7.21. The van der Waals surface area contributed by atoms with E-state index in [4.69, 9.17) is 11.6 Å². The zero-order valence-electron chi connectivity index (χ0n) is 13.6. The second-order valence-corrected chi connectivity index (χ2v) is 6.64. The van der Waals surface area contributed by atoms with Crippen molar-refractivity contribution in [2.75, 3.05) is 13.1 Å². The maximum absolute atomic E-state index is 12.1. The quantitative estimate of drug-likeness (QED) is 0.862. The highest BCUT2D eigenvalue weighted by Crippen LogP contribution is 2.17. The number of piperidine rings is 1. The van der Waals surface area contributed by atoms with E-state index in [1.54, 1.807) is 0 Å². The predicted molar refractivity (Wildman–Crippen MR) is 92.0 cm³/mol. The average Bonchev–Trinajstić information content (AvgIpc) is 2.53. The molecule has 0 unspecified atom stereocenters. The highest BCUT2D eigenvalue weighted by molar-refractivity contribution is 6.30. The Hall–Kier alpha value is -1.06. The number of nitrogens with one attached hydrogen (secondary N) is 1. The third-order valence-electron chi connectivity index (χ3n) is 4.61. The van der Waals surface area contributed by atoms with Gasteiger partial charge in [-0.3, -0.25) is 9.69 Å². The Balaban J connectivity index is 1.75. The molecule has 2 rings (SSSR count). The van der Waals surface area contributed by atoms with Gasteiger partial charge < -0.3 is 5.32 Å². The van der Waals surface area contributed by atoms with Crippen molar-refractivity contribution in [1.82, 2.24) is 10.2 Å². The summed E-state index contributed by atoms with van der Waals surface area (Å²) in [5.41, 5.74) is 1.30. The number of rotatable bonds is 6. The first kappa shape index (κ1) is 17.3. The third-order valence-corrected chi connectivity index (χ3v) is 4.86.